The smallest absolute Gasteiger partial charge is 0.296 e. The molecule has 1 unspecified atom stereocenters. The third kappa shape index (κ3) is 10.3. The highest BCUT2D eigenvalue weighted by Gasteiger charge is 2.47. The minimum atomic E-state index is -1.47. The highest BCUT2D eigenvalue weighted by atomic mass is 35.5. The van der Waals surface area contributed by atoms with Gasteiger partial charge in [0.1, 0.15) is 29.7 Å². The van der Waals surface area contributed by atoms with Crippen LogP contribution in [0.5, 0.6) is 5.88 Å². The summed E-state index contributed by atoms with van der Waals surface area (Å²) in [5, 5.41) is 23.5. The number of aromatic nitrogens is 2. The van der Waals surface area contributed by atoms with Crippen molar-refractivity contribution in [2.24, 2.45) is 11.3 Å². The molecule has 6 rings (SSSR count). The summed E-state index contributed by atoms with van der Waals surface area (Å²) >= 11 is 6.04. The summed E-state index contributed by atoms with van der Waals surface area (Å²) in [4.78, 5) is 66.5. The van der Waals surface area contributed by atoms with Gasteiger partial charge in [-0.1, -0.05) is 77.1 Å². The van der Waals surface area contributed by atoms with Crippen LogP contribution in [-0.2, 0) is 19.2 Å². The molecule has 3 aliphatic rings. The third-order valence-electron chi connectivity index (χ3n) is 10.7. The maximum atomic E-state index is 14.8. The van der Waals surface area contributed by atoms with Gasteiger partial charge < -0.3 is 40.4 Å². The van der Waals surface area contributed by atoms with Crippen LogP contribution < -0.4 is 26.0 Å². The molecule has 0 radical (unpaired) electrons. The van der Waals surface area contributed by atoms with Crippen molar-refractivity contribution < 1.29 is 33.4 Å². The number of fused-ring (bicyclic) bond motifs is 1. The second kappa shape index (κ2) is 17.6. The second-order valence-electron chi connectivity index (χ2n) is 16.2. The summed E-state index contributed by atoms with van der Waals surface area (Å²) in [5.74, 6) is -1.64. The van der Waals surface area contributed by atoms with Crippen molar-refractivity contribution in [3.05, 3.63) is 47.6 Å². The van der Waals surface area contributed by atoms with Crippen molar-refractivity contribution >= 4 is 52.3 Å². The lowest BCUT2D eigenvalue weighted by Gasteiger charge is -2.37. The van der Waals surface area contributed by atoms with Gasteiger partial charge in [0.05, 0.1) is 17.6 Å². The summed E-state index contributed by atoms with van der Waals surface area (Å²) in [5.41, 5.74) is 0.481. The topological polar surface area (TPSA) is 188 Å². The van der Waals surface area contributed by atoms with Gasteiger partial charge in [-0.2, -0.15) is 4.98 Å². The van der Waals surface area contributed by atoms with Crippen LogP contribution in [0.2, 0.25) is 5.02 Å². The summed E-state index contributed by atoms with van der Waals surface area (Å²) < 4.78 is 12.1. The fourth-order valence-electron chi connectivity index (χ4n) is 7.55. The molecule has 3 fully saturated rings. The number of aliphatic hydroxyl groups excluding tert-OH is 1. The summed E-state index contributed by atoms with van der Waals surface area (Å²) in [6.07, 6.45) is 6.82. The van der Waals surface area contributed by atoms with Crippen molar-refractivity contribution in [3.63, 3.8) is 0 Å². The van der Waals surface area contributed by atoms with Gasteiger partial charge >= 0.3 is 0 Å². The Morgan fingerprint density at radius 3 is 2.42 bits per heavy atom. The molecule has 3 heterocycles. The van der Waals surface area contributed by atoms with E-state index in [0.29, 0.717) is 29.0 Å². The molecule has 14 nitrogen and oxygen atoms in total. The summed E-state index contributed by atoms with van der Waals surface area (Å²) in [7, 11) is 0. The molecule has 1 aromatic carbocycles. The molecular formula is C40H54ClN7O7. The number of likely N-dealkylation sites (tertiary alicyclic amines) is 1. The maximum Gasteiger partial charge on any atom is 0.296 e. The van der Waals surface area contributed by atoms with Crippen molar-refractivity contribution in [1.82, 2.24) is 30.8 Å². The van der Waals surface area contributed by atoms with Crippen LogP contribution in [0.4, 0.5) is 6.01 Å². The molecule has 2 aromatic heterocycles. The van der Waals surface area contributed by atoms with Crippen LogP contribution in [0.3, 0.4) is 0 Å². The van der Waals surface area contributed by atoms with Crippen molar-refractivity contribution in [2.75, 3.05) is 11.9 Å². The number of halogens is 1. The molecule has 55 heavy (non-hydrogen) atoms. The molecular weight excluding hydrogens is 726 g/mol. The van der Waals surface area contributed by atoms with Crippen LogP contribution in [0.1, 0.15) is 91.9 Å². The highest BCUT2D eigenvalue weighted by molar-refractivity contribution is 6.30. The van der Waals surface area contributed by atoms with Gasteiger partial charge in [0.15, 0.2) is 11.7 Å². The second-order valence-corrected chi connectivity index (χ2v) is 16.7. The van der Waals surface area contributed by atoms with Crippen LogP contribution in [0.15, 0.2) is 47.0 Å². The van der Waals surface area contributed by atoms with E-state index in [1.54, 1.807) is 12.1 Å². The number of pyridine rings is 1. The SMILES string of the molecule is CCC[C@H](NC(=O)[C@@H]1C[C@@H](Oc2ccc(Cl)cn2)CN1C(=O)[C@@H](NC(=O)[C@@H](Nc1nc2ccccc2o1)C1CCCCC1)C(C)(C)C)C(O)C(=O)NC1CC1. The zero-order valence-electron chi connectivity index (χ0n) is 32.1. The number of anilines is 1. The van der Waals surface area contributed by atoms with Gasteiger partial charge in [-0.25, -0.2) is 4.98 Å². The number of rotatable bonds is 15. The molecule has 4 amide bonds. The molecule has 2 saturated carbocycles. The Bertz CT molecular complexity index is 1770. The van der Waals surface area contributed by atoms with E-state index in [9.17, 15) is 24.3 Å². The zero-order valence-corrected chi connectivity index (χ0v) is 32.8. The van der Waals surface area contributed by atoms with Gasteiger partial charge in [-0.15, -0.1) is 0 Å². The van der Waals surface area contributed by atoms with Crippen molar-refractivity contribution in [1.29, 1.82) is 0 Å². The molecule has 1 saturated heterocycles. The van der Waals surface area contributed by atoms with Gasteiger partial charge in [-0.3, -0.25) is 19.2 Å². The Morgan fingerprint density at radius 2 is 1.76 bits per heavy atom. The number of hydrogen-bond donors (Lipinski definition) is 5. The maximum absolute atomic E-state index is 14.8. The Morgan fingerprint density at radius 1 is 1.02 bits per heavy atom. The predicted molar refractivity (Wildman–Crippen MR) is 207 cm³/mol. The first-order chi connectivity index (χ1) is 26.3. The van der Waals surface area contributed by atoms with E-state index in [4.69, 9.17) is 20.8 Å². The van der Waals surface area contributed by atoms with Crippen LogP contribution >= 0.6 is 11.6 Å². The van der Waals surface area contributed by atoms with E-state index >= 15 is 0 Å². The van der Waals surface area contributed by atoms with Crippen molar-refractivity contribution in [3.8, 4) is 5.88 Å². The monoisotopic (exact) mass is 779 g/mol. The zero-order chi connectivity index (χ0) is 39.3. The molecule has 0 spiro atoms. The van der Waals surface area contributed by atoms with E-state index < -0.39 is 59.5 Å². The van der Waals surface area contributed by atoms with Crippen molar-refractivity contribution in [2.45, 2.75) is 134 Å². The van der Waals surface area contributed by atoms with Crippen LogP contribution in [0.25, 0.3) is 11.1 Å². The molecule has 298 valence electrons. The summed E-state index contributed by atoms with van der Waals surface area (Å²) in [6.45, 7) is 7.52. The highest BCUT2D eigenvalue weighted by Crippen LogP contribution is 2.32. The number of aliphatic hydroxyl groups is 1. The molecule has 6 atom stereocenters. The van der Waals surface area contributed by atoms with Gasteiger partial charge in [0.2, 0.25) is 23.6 Å². The fraction of sp³-hybridized carbons (Fsp3) is 0.600. The predicted octanol–water partition coefficient (Wildman–Crippen LogP) is 4.74. The molecule has 5 N–H and O–H groups in total. The number of hydrogen-bond acceptors (Lipinski definition) is 10. The average Bonchev–Trinajstić information content (AvgIpc) is 3.72. The first kappa shape index (κ1) is 40.2. The normalized spacial score (nSPS) is 21.3. The van der Waals surface area contributed by atoms with Gasteiger partial charge in [0.25, 0.3) is 11.9 Å². The number of benzene rings is 1. The molecule has 0 bridgehead atoms. The average molecular weight is 780 g/mol. The minimum absolute atomic E-state index is 0.0199. The number of para-hydroxylation sites is 2. The quantitative estimate of drug-likeness (QED) is 0.144. The minimum Gasteiger partial charge on any atom is -0.472 e. The van der Waals surface area contributed by atoms with Gasteiger partial charge in [0, 0.05) is 24.7 Å². The third-order valence-corrected chi connectivity index (χ3v) is 10.9. The Labute approximate surface area is 326 Å². The standard InChI is InChI=1S/C40H54ClN7O7/c1-5-11-28(33(49)37(52)43-25-17-18-25)44-35(50)29-20-26(54-31-19-16-24(41)21-42-31)22-48(29)38(53)34(40(2,3)4)47-36(51)32(23-12-7-6-8-13-23)46-39-45-27-14-9-10-15-30(27)55-39/h9-10,14-16,19,21,23,25-26,28-29,32-34,49H,5-8,11-13,17-18,20,22H2,1-4H3,(H,43,52)(H,44,50)(H,45,46)(H,47,51)/t26-,28+,29+,32+,33?,34-/m1/s1. The number of carbonyl (C=O) groups excluding carboxylic acids is 4. The number of ether oxygens (including phenoxy) is 1. The van der Waals surface area contributed by atoms with E-state index in [0.717, 1.165) is 44.9 Å². The Kier molecular flexibility index (Phi) is 12.9. The van der Waals surface area contributed by atoms with Crippen LogP contribution in [-0.4, -0.2) is 92.6 Å². The lowest BCUT2D eigenvalue weighted by atomic mass is 9.82. The molecule has 3 aromatic rings. The number of nitrogens with zero attached hydrogens (tertiary/aromatic N) is 3. The molecule has 15 heteroatoms. The van der Waals surface area contributed by atoms with Crippen LogP contribution in [0, 0.1) is 11.3 Å². The van der Waals surface area contributed by atoms with E-state index in [1.165, 1.54) is 11.1 Å². The van der Waals surface area contributed by atoms with E-state index in [-0.39, 0.29) is 42.7 Å². The number of oxazole rings is 1. The van der Waals surface area contributed by atoms with E-state index in [2.05, 4.69) is 31.2 Å². The Balaban J connectivity index is 1.24. The molecule has 2 aliphatic carbocycles. The number of carbonyl (C=O) groups is 4. The first-order valence-corrected chi connectivity index (χ1v) is 20.0. The van der Waals surface area contributed by atoms with Gasteiger partial charge in [-0.05, 0) is 61.6 Å². The lowest BCUT2D eigenvalue weighted by molar-refractivity contribution is -0.145. The fourth-order valence-corrected chi connectivity index (χ4v) is 7.66. The van der Waals surface area contributed by atoms with E-state index in [1.807, 2.05) is 52.0 Å². The largest absolute Gasteiger partial charge is 0.472 e. The Hall–Kier alpha value is -4.43. The lowest BCUT2D eigenvalue weighted by Crippen LogP contribution is -2.61. The number of nitrogens with one attached hydrogen (secondary N) is 4. The number of amides is 4. The summed E-state index contributed by atoms with van der Waals surface area (Å²) in [6, 6.07) is 7.21. The first-order valence-electron chi connectivity index (χ1n) is 19.6. The molecule has 1 aliphatic heterocycles.